The number of hydrogen-bond donors (Lipinski definition) is 1. The molecule has 0 heterocycles. The van der Waals surface area contributed by atoms with Crippen molar-refractivity contribution in [2.75, 3.05) is 5.43 Å². The van der Waals surface area contributed by atoms with Crippen LogP contribution in [-0.4, -0.2) is 5.17 Å². The van der Waals surface area contributed by atoms with Gasteiger partial charge in [-0.25, -0.2) is 0 Å². The van der Waals surface area contributed by atoms with Crippen LogP contribution in [0.3, 0.4) is 0 Å². The van der Waals surface area contributed by atoms with Crippen molar-refractivity contribution >= 4 is 45.7 Å². The molecule has 0 spiro atoms. The summed E-state index contributed by atoms with van der Waals surface area (Å²) in [5.41, 5.74) is 3.27. The molecule has 0 aliphatic heterocycles. The average Bonchev–Trinajstić information content (AvgIpc) is 2.02. The lowest BCUT2D eigenvalue weighted by Crippen LogP contribution is -1.91. The normalized spacial score (nSPS) is 11.5. The Bertz CT molecular complexity index is 332. The molecule has 5 heteroatoms. The summed E-state index contributed by atoms with van der Waals surface area (Å²) in [6, 6.07) is 5.01. The number of anilines is 1. The molecule has 0 aliphatic rings. The lowest BCUT2D eigenvalue weighted by Gasteiger charge is -2.02. The molecular weight excluding hydrogens is 230 g/mol. The van der Waals surface area contributed by atoms with Crippen LogP contribution in [0.2, 0.25) is 10.0 Å². The third kappa shape index (κ3) is 3.43. The van der Waals surface area contributed by atoms with Gasteiger partial charge in [0.15, 0.2) is 0 Å². The Labute approximate surface area is 91.5 Å². The second kappa shape index (κ2) is 4.70. The zero-order valence-electron chi connectivity index (χ0n) is 6.52. The van der Waals surface area contributed by atoms with Crippen LogP contribution in [0.15, 0.2) is 23.3 Å². The lowest BCUT2D eigenvalue weighted by atomic mass is 10.3. The number of benzene rings is 1. The van der Waals surface area contributed by atoms with Crippen LogP contribution in [0.5, 0.6) is 0 Å². The maximum absolute atomic E-state index is 5.83. The van der Waals surface area contributed by atoms with E-state index in [2.05, 4.69) is 17.5 Å². The van der Waals surface area contributed by atoms with Crippen molar-refractivity contribution in [1.29, 1.82) is 0 Å². The number of hydrazone groups is 1. The van der Waals surface area contributed by atoms with Gasteiger partial charge in [-0.3, -0.25) is 5.43 Å². The van der Waals surface area contributed by atoms with Gasteiger partial charge in [-0.2, -0.15) is 5.10 Å². The summed E-state index contributed by atoms with van der Waals surface area (Å²) in [6.45, 7) is 3.38. The predicted molar refractivity (Wildman–Crippen MR) is 58.7 cm³/mol. The summed E-state index contributed by atoms with van der Waals surface area (Å²) in [4.78, 5) is 0. The highest BCUT2D eigenvalue weighted by atomic mass is 35.5. The van der Waals surface area contributed by atoms with Crippen LogP contribution in [-0.2, 0) is 0 Å². The third-order valence-electron chi connectivity index (χ3n) is 1.23. The molecule has 2 nitrogen and oxygen atoms in total. The van der Waals surface area contributed by atoms with Crippen LogP contribution in [0.25, 0.3) is 0 Å². The smallest absolute Gasteiger partial charge is 0.126 e. The zero-order valence-corrected chi connectivity index (χ0v) is 8.79. The fraction of sp³-hybridized carbons (Fsp3) is 0. The van der Waals surface area contributed by atoms with E-state index >= 15 is 0 Å². The first-order valence-corrected chi connectivity index (χ1v) is 4.49. The summed E-state index contributed by atoms with van der Waals surface area (Å²) in [6.07, 6.45) is 0. The molecular formula is C8H6Cl3N2. The molecule has 69 valence electrons. The van der Waals surface area contributed by atoms with Gasteiger partial charge in [0.1, 0.15) is 5.17 Å². The monoisotopic (exact) mass is 235 g/mol. The van der Waals surface area contributed by atoms with E-state index in [9.17, 15) is 0 Å². The van der Waals surface area contributed by atoms with Crippen molar-refractivity contribution in [1.82, 2.24) is 0 Å². The molecule has 0 bridgehead atoms. The van der Waals surface area contributed by atoms with Gasteiger partial charge >= 0.3 is 0 Å². The van der Waals surface area contributed by atoms with Gasteiger partial charge in [0, 0.05) is 11.9 Å². The minimum atomic E-state index is 0.158. The van der Waals surface area contributed by atoms with Crippen LogP contribution >= 0.6 is 34.8 Å². The van der Waals surface area contributed by atoms with E-state index in [1.54, 1.807) is 18.2 Å². The lowest BCUT2D eigenvalue weighted by molar-refractivity contribution is 1.35. The van der Waals surface area contributed by atoms with Crippen molar-refractivity contribution in [2.24, 2.45) is 5.10 Å². The summed E-state index contributed by atoms with van der Waals surface area (Å²) >= 11 is 16.9. The van der Waals surface area contributed by atoms with Crippen LogP contribution in [0.1, 0.15) is 0 Å². The van der Waals surface area contributed by atoms with Gasteiger partial charge in [-0.1, -0.05) is 34.8 Å². The summed E-state index contributed by atoms with van der Waals surface area (Å²) in [5.74, 6) is 0. The Hall–Kier alpha value is -0.440. The minimum absolute atomic E-state index is 0.158. The number of nitrogens with zero attached hydrogens (tertiary/aromatic N) is 1. The Morgan fingerprint density at radius 2 is 2.08 bits per heavy atom. The van der Waals surface area contributed by atoms with E-state index in [0.717, 1.165) is 0 Å². The van der Waals surface area contributed by atoms with E-state index in [-0.39, 0.29) is 5.17 Å². The summed E-state index contributed by atoms with van der Waals surface area (Å²) in [7, 11) is 0. The van der Waals surface area contributed by atoms with E-state index < -0.39 is 0 Å². The van der Waals surface area contributed by atoms with Crippen molar-refractivity contribution in [3.63, 3.8) is 0 Å². The highest BCUT2D eigenvalue weighted by molar-refractivity contribution is 6.66. The molecule has 0 aromatic heterocycles. The van der Waals surface area contributed by atoms with E-state index in [1.165, 1.54) is 0 Å². The standard InChI is InChI=1S/C8H6Cl3N2/c1-5(9)12-13-8-3-2-6(10)4-7(8)11/h2-4,13H,1H2. The van der Waals surface area contributed by atoms with Gasteiger partial charge in [-0.05, 0) is 18.2 Å². The van der Waals surface area contributed by atoms with Crippen LogP contribution in [0.4, 0.5) is 5.69 Å². The molecule has 1 N–H and O–H groups in total. The largest absolute Gasteiger partial charge is 0.276 e. The molecule has 1 aromatic carbocycles. The molecule has 0 saturated heterocycles. The zero-order chi connectivity index (χ0) is 9.84. The average molecular weight is 237 g/mol. The second-order valence-corrected chi connectivity index (χ2v) is 3.50. The van der Waals surface area contributed by atoms with Crippen LogP contribution in [0, 0.1) is 6.92 Å². The molecule has 0 saturated carbocycles. The molecule has 1 aromatic rings. The Kier molecular flexibility index (Phi) is 3.85. The second-order valence-electron chi connectivity index (χ2n) is 2.22. The van der Waals surface area contributed by atoms with Gasteiger partial charge < -0.3 is 0 Å². The number of halogens is 3. The minimum Gasteiger partial charge on any atom is -0.276 e. The van der Waals surface area contributed by atoms with Crippen molar-refractivity contribution in [3.8, 4) is 0 Å². The maximum atomic E-state index is 5.83. The van der Waals surface area contributed by atoms with Crippen LogP contribution < -0.4 is 5.43 Å². The third-order valence-corrected chi connectivity index (χ3v) is 1.86. The quantitative estimate of drug-likeness (QED) is 0.613. The first-order chi connectivity index (χ1) is 6.09. The Balaban J connectivity index is 2.84. The molecule has 13 heavy (non-hydrogen) atoms. The number of hydrogen-bond acceptors (Lipinski definition) is 2. The fourth-order valence-electron chi connectivity index (χ4n) is 0.701. The first-order valence-electron chi connectivity index (χ1n) is 3.36. The molecule has 0 unspecified atom stereocenters. The summed E-state index contributed by atoms with van der Waals surface area (Å²) < 4.78 is 0. The number of nitrogens with one attached hydrogen (secondary N) is 1. The molecule has 0 fully saturated rings. The van der Waals surface area contributed by atoms with Crippen molar-refractivity contribution in [3.05, 3.63) is 35.2 Å². The molecule has 0 aliphatic carbocycles. The summed E-state index contributed by atoms with van der Waals surface area (Å²) in [5, 5.41) is 4.89. The van der Waals surface area contributed by atoms with Crippen molar-refractivity contribution in [2.45, 2.75) is 0 Å². The Morgan fingerprint density at radius 3 is 2.62 bits per heavy atom. The van der Waals surface area contributed by atoms with E-state index in [0.29, 0.717) is 15.7 Å². The van der Waals surface area contributed by atoms with E-state index in [4.69, 9.17) is 34.8 Å². The first kappa shape index (κ1) is 10.6. The van der Waals surface area contributed by atoms with Gasteiger partial charge in [0.2, 0.25) is 0 Å². The molecule has 1 radical (unpaired) electrons. The number of rotatable bonds is 2. The highest BCUT2D eigenvalue weighted by Crippen LogP contribution is 2.25. The topological polar surface area (TPSA) is 24.4 Å². The SMILES string of the molecule is [CH2]C(Cl)=NNc1ccc(Cl)cc1Cl. The molecule has 0 atom stereocenters. The maximum Gasteiger partial charge on any atom is 0.126 e. The molecule has 0 amide bonds. The van der Waals surface area contributed by atoms with Gasteiger partial charge in [-0.15, -0.1) is 0 Å². The fourth-order valence-corrected chi connectivity index (χ4v) is 1.19. The predicted octanol–water partition coefficient (Wildman–Crippen LogP) is 3.79. The van der Waals surface area contributed by atoms with Gasteiger partial charge in [0.05, 0.1) is 10.7 Å². The highest BCUT2D eigenvalue weighted by Gasteiger charge is 1.98. The molecule has 1 rings (SSSR count). The Morgan fingerprint density at radius 1 is 1.38 bits per heavy atom. The van der Waals surface area contributed by atoms with Gasteiger partial charge in [0.25, 0.3) is 0 Å². The van der Waals surface area contributed by atoms with Crippen molar-refractivity contribution < 1.29 is 0 Å². The van der Waals surface area contributed by atoms with E-state index in [1.807, 2.05) is 0 Å².